The van der Waals surface area contributed by atoms with Crippen molar-refractivity contribution in [3.63, 3.8) is 0 Å². The SMILES string of the molecule is N#Cc1ccc(-n2cc(-c3ccc4nc(N)nc(N)c4c3)nn2)cc1. The van der Waals surface area contributed by atoms with E-state index in [1.165, 1.54) is 0 Å². The van der Waals surface area contributed by atoms with Crippen molar-refractivity contribution in [3.05, 3.63) is 54.2 Å². The highest BCUT2D eigenvalue weighted by Crippen LogP contribution is 2.25. The second-order valence-corrected chi connectivity index (χ2v) is 5.41. The fourth-order valence-electron chi connectivity index (χ4n) is 2.54. The molecule has 4 N–H and O–H groups in total. The monoisotopic (exact) mass is 328 g/mol. The molecule has 0 fully saturated rings. The minimum Gasteiger partial charge on any atom is -0.383 e. The van der Waals surface area contributed by atoms with Gasteiger partial charge in [-0.2, -0.15) is 10.2 Å². The van der Waals surface area contributed by atoms with Crippen molar-refractivity contribution in [1.29, 1.82) is 5.26 Å². The van der Waals surface area contributed by atoms with Crippen molar-refractivity contribution in [2.75, 3.05) is 11.5 Å². The fraction of sp³-hybridized carbons (Fsp3) is 0. The number of hydrogen-bond acceptors (Lipinski definition) is 7. The predicted molar refractivity (Wildman–Crippen MR) is 93.4 cm³/mol. The highest BCUT2D eigenvalue weighted by Gasteiger charge is 2.09. The number of benzene rings is 2. The minimum atomic E-state index is 0.143. The van der Waals surface area contributed by atoms with E-state index in [1.807, 2.05) is 30.3 Å². The molecular weight excluding hydrogens is 316 g/mol. The molecule has 120 valence electrons. The lowest BCUT2D eigenvalue weighted by Crippen LogP contribution is -2.00. The third kappa shape index (κ3) is 2.60. The lowest BCUT2D eigenvalue weighted by Gasteiger charge is -2.04. The van der Waals surface area contributed by atoms with Gasteiger partial charge in [0.1, 0.15) is 11.5 Å². The third-order valence-electron chi connectivity index (χ3n) is 3.79. The first-order valence-corrected chi connectivity index (χ1v) is 7.40. The Morgan fingerprint density at radius 1 is 1.00 bits per heavy atom. The Labute approximate surface area is 142 Å². The van der Waals surface area contributed by atoms with Gasteiger partial charge in [0.2, 0.25) is 5.95 Å². The maximum Gasteiger partial charge on any atom is 0.222 e. The summed E-state index contributed by atoms with van der Waals surface area (Å²) in [6, 6.07) is 14.7. The summed E-state index contributed by atoms with van der Waals surface area (Å²) < 4.78 is 1.64. The number of rotatable bonds is 2. The molecule has 0 saturated heterocycles. The summed E-state index contributed by atoms with van der Waals surface area (Å²) in [4.78, 5) is 8.14. The van der Waals surface area contributed by atoms with Gasteiger partial charge in [-0.1, -0.05) is 11.3 Å². The highest BCUT2D eigenvalue weighted by atomic mass is 15.4. The maximum absolute atomic E-state index is 8.86. The van der Waals surface area contributed by atoms with Crippen LogP contribution < -0.4 is 11.5 Å². The van der Waals surface area contributed by atoms with Crippen LogP contribution in [-0.4, -0.2) is 25.0 Å². The lowest BCUT2D eigenvalue weighted by atomic mass is 10.1. The molecule has 0 unspecified atom stereocenters. The Balaban J connectivity index is 1.74. The van der Waals surface area contributed by atoms with Crippen molar-refractivity contribution in [2.24, 2.45) is 0 Å². The molecule has 4 rings (SSSR count). The van der Waals surface area contributed by atoms with Crippen molar-refractivity contribution in [2.45, 2.75) is 0 Å². The number of aromatic nitrogens is 5. The topological polar surface area (TPSA) is 132 Å². The number of nitriles is 1. The van der Waals surface area contributed by atoms with Gasteiger partial charge in [0, 0.05) is 10.9 Å². The van der Waals surface area contributed by atoms with Gasteiger partial charge >= 0.3 is 0 Å². The molecule has 0 saturated carbocycles. The van der Waals surface area contributed by atoms with Gasteiger partial charge in [-0.15, -0.1) is 5.10 Å². The first-order chi connectivity index (χ1) is 12.1. The lowest BCUT2D eigenvalue weighted by molar-refractivity contribution is 0.804. The van der Waals surface area contributed by atoms with Crippen LogP contribution in [0.4, 0.5) is 11.8 Å². The van der Waals surface area contributed by atoms with E-state index in [0.29, 0.717) is 28.0 Å². The van der Waals surface area contributed by atoms with Gasteiger partial charge in [-0.3, -0.25) is 0 Å². The summed E-state index contributed by atoms with van der Waals surface area (Å²) in [6.07, 6.45) is 1.80. The largest absolute Gasteiger partial charge is 0.383 e. The second kappa shape index (κ2) is 5.58. The average molecular weight is 328 g/mol. The molecule has 8 nitrogen and oxygen atoms in total. The summed E-state index contributed by atoms with van der Waals surface area (Å²) >= 11 is 0. The van der Waals surface area contributed by atoms with Crippen molar-refractivity contribution in [1.82, 2.24) is 25.0 Å². The van der Waals surface area contributed by atoms with Gasteiger partial charge in [-0.25, -0.2) is 9.67 Å². The van der Waals surface area contributed by atoms with Crippen LogP contribution in [0.2, 0.25) is 0 Å². The van der Waals surface area contributed by atoms with E-state index in [9.17, 15) is 0 Å². The number of nitrogens with two attached hydrogens (primary N) is 2. The van der Waals surface area contributed by atoms with E-state index in [4.69, 9.17) is 16.7 Å². The number of fused-ring (bicyclic) bond motifs is 1. The molecule has 8 heteroatoms. The molecule has 2 aromatic heterocycles. The number of nitrogens with zero attached hydrogens (tertiary/aromatic N) is 6. The summed E-state index contributed by atoms with van der Waals surface area (Å²) in [6.45, 7) is 0. The third-order valence-corrected chi connectivity index (χ3v) is 3.79. The Morgan fingerprint density at radius 2 is 1.80 bits per heavy atom. The van der Waals surface area contributed by atoms with Gasteiger partial charge in [0.05, 0.1) is 29.0 Å². The standard InChI is InChI=1S/C17H12N8/c18-8-10-1-4-12(5-2-10)25-9-15(23-24-25)11-3-6-14-13(7-11)16(19)22-17(20)21-14/h1-7,9H,(H4,19,20,21,22). The Morgan fingerprint density at radius 3 is 2.56 bits per heavy atom. The van der Waals surface area contributed by atoms with Crippen LogP contribution in [-0.2, 0) is 0 Å². The van der Waals surface area contributed by atoms with Gasteiger partial charge in [0.15, 0.2) is 0 Å². The molecule has 2 heterocycles. The first kappa shape index (κ1) is 14.6. The minimum absolute atomic E-state index is 0.143. The van der Waals surface area contributed by atoms with Crippen LogP contribution in [0.5, 0.6) is 0 Å². The van der Waals surface area contributed by atoms with Crippen molar-refractivity contribution >= 4 is 22.7 Å². The molecule has 0 aliphatic heterocycles. The van der Waals surface area contributed by atoms with Crippen LogP contribution in [0.15, 0.2) is 48.7 Å². The molecule has 0 aliphatic rings. The molecule has 0 aliphatic carbocycles. The Kier molecular flexibility index (Phi) is 3.26. The first-order valence-electron chi connectivity index (χ1n) is 7.40. The molecule has 0 amide bonds. The average Bonchev–Trinajstić information content (AvgIpc) is 3.11. The Hall–Kier alpha value is -3.99. The molecule has 0 atom stereocenters. The van der Waals surface area contributed by atoms with E-state index < -0.39 is 0 Å². The second-order valence-electron chi connectivity index (χ2n) is 5.41. The zero-order valence-corrected chi connectivity index (χ0v) is 13.0. The zero-order chi connectivity index (χ0) is 17.4. The number of nitrogen functional groups attached to an aromatic ring is 2. The summed E-state index contributed by atoms with van der Waals surface area (Å²) in [5, 5.41) is 17.9. The van der Waals surface area contributed by atoms with E-state index in [0.717, 1.165) is 11.3 Å². The summed E-state index contributed by atoms with van der Waals surface area (Å²) in [5.41, 5.74) is 15.1. The van der Waals surface area contributed by atoms with Crippen LogP contribution in [0, 0.1) is 11.3 Å². The van der Waals surface area contributed by atoms with Crippen LogP contribution in [0.1, 0.15) is 5.56 Å². The number of anilines is 2. The predicted octanol–water partition coefficient (Wildman–Crippen LogP) is 1.91. The van der Waals surface area contributed by atoms with E-state index in [-0.39, 0.29) is 5.95 Å². The summed E-state index contributed by atoms with van der Waals surface area (Å²) in [5.74, 6) is 0.466. The van der Waals surface area contributed by atoms with Gasteiger partial charge < -0.3 is 11.5 Å². The molecule has 4 aromatic rings. The molecule has 0 radical (unpaired) electrons. The molecular formula is C17H12N8. The molecule has 25 heavy (non-hydrogen) atoms. The molecule has 0 spiro atoms. The van der Waals surface area contributed by atoms with Crippen LogP contribution in [0.25, 0.3) is 27.8 Å². The van der Waals surface area contributed by atoms with Crippen LogP contribution >= 0.6 is 0 Å². The zero-order valence-electron chi connectivity index (χ0n) is 13.0. The smallest absolute Gasteiger partial charge is 0.222 e. The highest BCUT2D eigenvalue weighted by molar-refractivity contribution is 5.92. The Bertz CT molecular complexity index is 1120. The molecule has 2 aromatic carbocycles. The van der Waals surface area contributed by atoms with Gasteiger partial charge in [-0.05, 0) is 36.4 Å². The van der Waals surface area contributed by atoms with Crippen LogP contribution in [0.3, 0.4) is 0 Å². The van der Waals surface area contributed by atoms with Crippen molar-refractivity contribution < 1.29 is 0 Å². The normalized spacial score (nSPS) is 10.7. The van der Waals surface area contributed by atoms with E-state index in [1.54, 1.807) is 23.0 Å². The summed E-state index contributed by atoms with van der Waals surface area (Å²) in [7, 11) is 0. The fourth-order valence-corrected chi connectivity index (χ4v) is 2.54. The molecule has 0 bridgehead atoms. The van der Waals surface area contributed by atoms with E-state index in [2.05, 4.69) is 26.3 Å². The van der Waals surface area contributed by atoms with E-state index >= 15 is 0 Å². The number of hydrogen-bond donors (Lipinski definition) is 2. The quantitative estimate of drug-likeness (QED) is 0.574. The van der Waals surface area contributed by atoms with Crippen molar-refractivity contribution in [3.8, 4) is 23.0 Å². The maximum atomic E-state index is 8.86. The van der Waals surface area contributed by atoms with Gasteiger partial charge in [0.25, 0.3) is 0 Å².